The van der Waals surface area contributed by atoms with Crippen LogP contribution >= 0.6 is 0 Å². The molecular formula is C15H12N2O2. The molecule has 0 bridgehead atoms. The third-order valence-electron chi connectivity index (χ3n) is 2.99. The molecule has 19 heavy (non-hydrogen) atoms. The predicted octanol–water partition coefficient (Wildman–Crippen LogP) is 2.90. The van der Waals surface area contributed by atoms with Crippen LogP contribution in [0, 0.1) is 11.3 Å². The van der Waals surface area contributed by atoms with Crippen LogP contribution in [-0.4, -0.2) is 6.79 Å². The molecule has 0 spiro atoms. The molecule has 2 aromatic carbocycles. The third kappa shape index (κ3) is 2.31. The van der Waals surface area contributed by atoms with E-state index in [9.17, 15) is 0 Å². The fourth-order valence-corrected chi connectivity index (χ4v) is 1.99. The molecule has 0 radical (unpaired) electrons. The second-order valence-electron chi connectivity index (χ2n) is 4.19. The summed E-state index contributed by atoms with van der Waals surface area (Å²) in [7, 11) is 0. The van der Waals surface area contributed by atoms with E-state index in [1.807, 2.05) is 42.5 Å². The van der Waals surface area contributed by atoms with Gasteiger partial charge in [-0.15, -0.1) is 0 Å². The van der Waals surface area contributed by atoms with Gasteiger partial charge in [-0.1, -0.05) is 18.2 Å². The molecule has 4 nitrogen and oxygen atoms in total. The van der Waals surface area contributed by atoms with E-state index < -0.39 is 0 Å². The number of anilines is 1. The minimum absolute atomic E-state index is 0.274. The molecule has 4 heteroatoms. The van der Waals surface area contributed by atoms with Crippen molar-refractivity contribution in [3.05, 3.63) is 53.6 Å². The molecule has 1 N–H and O–H groups in total. The maximum Gasteiger partial charge on any atom is 0.231 e. The van der Waals surface area contributed by atoms with E-state index in [-0.39, 0.29) is 6.79 Å². The SMILES string of the molecule is N#Cc1ccccc1CNc1ccc2c(c1)OCO2. The smallest absolute Gasteiger partial charge is 0.231 e. The molecule has 1 aliphatic heterocycles. The van der Waals surface area contributed by atoms with Crippen molar-refractivity contribution in [1.29, 1.82) is 5.26 Å². The molecule has 0 atom stereocenters. The minimum atomic E-state index is 0.274. The number of nitriles is 1. The van der Waals surface area contributed by atoms with Crippen LogP contribution in [-0.2, 0) is 6.54 Å². The first-order valence-corrected chi connectivity index (χ1v) is 5.98. The minimum Gasteiger partial charge on any atom is -0.454 e. The zero-order valence-electron chi connectivity index (χ0n) is 10.2. The van der Waals surface area contributed by atoms with Gasteiger partial charge in [-0.25, -0.2) is 0 Å². The molecule has 0 fully saturated rings. The van der Waals surface area contributed by atoms with Crippen molar-refractivity contribution in [3.8, 4) is 17.6 Å². The summed E-state index contributed by atoms with van der Waals surface area (Å²) in [5.74, 6) is 1.52. The summed E-state index contributed by atoms with van der Waals surface area (Å²) in [5, 5.41) is 12.3. The van der Waals surface area contributed by atoms with Crippen molar-refractivity contribution in [1.82, 2.24) is 0 Å². The van der Waals surface area contributed by atoms with Gasteiger partial charge in [-0.05, 0) is 23.8 Å². The first-order chi connectivity index (χ1) is 9.36. The molecule has 94 valence electrons. The van der Waals surface area contributed by atoms with Gasteiger partial charge in [0.2, 0.25) is 6.79 Å². The Morgan fingerprint density at radius 3 is 2.84 bits per heavy atom. The number of hydrogen-bond acceptors (Lipinski definition) is 4. The van der Waals surface area contributed by atoms with Crippen LogP contribution in [0.15, 0.2) is 42.5 Å². The Morgan fingerprint density at radius 1 is 1.11 bits per heavy atom. The first kappa shape index (κ1) is 11.4. The fraction of sp³-hybridized carbons (Fsp3) is 0.133. The second-order valence-corrected chi connectivity index (χ2v) is 4.19. The lowest BCUT2D eigenvalue weighted by Crippen LogP contribution is -2.01. The topological polar surface area (TPSA) is 54.3 Å². The lowest BCUT2D eigenvalue weighted by molar-refractivity contribution is 0.174. The van der Waals surface area contributed by atoms with E-state index in [0.29, 0.717) is 12.1 Å². The Kier molecular flexibility index (Phi) is 2.95. The van der Waals surface area contributed by atoms with E-state index in [1.54, 1.807) is 0 Å². The number of nitrogens with one attached hydrogen (secondary N) is 1. The van der Waals surface area contributed by atoms with E-state index >= 15 is 0 Å². The summed E-state index contributed by atoms with van der Waals surface area (Å²) in [4.78, 5) is 0. The monoisotopic (exact) mass is 252 g/mol. The lowest BCUT2D eigenvalue weighted by atomic mass is 10.1. The number of fused-ring (bicyclic) bond motifs is 1. The van der Waals surface area contributed by atoms with Crippen LogP contribution in [0.4, 0.5) is 5.69 Å². The third-order valence-corrected chi connectivity index (χ3v) is 2.99. The molecule has 1 heterocycles. The van der Waals surface area contributed by atoms with Crippen molar-refractivity contribution in [3.63, 3.8) is 0 Å². The van der Waals surface area contributed by atoms with Gasteiger partial charge < -0.3 is 14.8 Å². The van der Waals surface area contributed by atoms with Crippen LogP contribution in [0.2, 0.25) is 0 Å². The summed E-state index contributed by atoms with van der Waals surface area (Å²) in [5.41, 5.74) is 2.61. The van der Waals surface area contributed by atoms with Crippen molar-refractivity contribution >= 4 is 5.69 Å². The quantitative estimate of drug-likeness (QED) is 0.912. The normalized spacial score (nSPS) is 11.9. The largest absolute Gasteiger partial charge is 0.454 e. The standard InChI is InChI=1S/C15H12N2O2/c16-8-11-3-1-2-4-12(11)9-17-13-5-6-14-15(7-13)19-10-18-14/h1-7,17H,9-10H2. The molecule has 0 unspecified atom stereocenters. The summed E-state index contributed by atoms with van der Waals surface area (Å²) < 4.78 is 10.6. The maximum atomic E-state index is 9.03. The van der Waals surface area contributed by atoms with Crippen molar-refractivity contribution in [2.75, 3.05) is 12.1 Å². The Morgan fingerprint density at radius 2 is 1.95 bits per heavy atom. The molecule has 0 saturated heterocycles. The Hall–Kier alpha value is -2.67. The summed E-state index contributed by atoms with van der Waals surface area (Å²) in [6.07, 6.45) is 0. The lowest BCUT2D eigenvalue weighted by Gasteiger charge is -2.08. The zero-order chi connectivity index (χ0) is 13.1. The number of ether oxygens (including phenoxy) is 2. The molecule has 0 aliphatic carbocycles. The molecule has 2 aromatic rings. The first-order valence-electron chi connectivity index (χ1n) is 5.98. The van der Waals surface area contributed by atoms with Crippen LogP contribution in [0.5, 0.6) is 11.5 Å². The van der Waals surface area contributed by atoms with Crippen LogP contribution in [0.1, 0.15) is 11.1 Å². The van der Waals surface area contributed by atoms with Gasteiger partial charge in [0.15, 0.2) is 11.5 Å². The molecule has 3 rings (SSSR count). The summed E-state index contributed by atoms with van der Waals surface area (Å²) in [6, 6.07) is 15.4. The number of benzene rings is 2. The highest BCUT2D eigenvalue weighted by molar-refractivity contribution is 5.56. The highest BCUT2D eigenvalue weighted by Gasteiger charge is 2.13. The maximum absolute atomic E-state index is 9.03. The Labute approximate surface area is 111 Å². The number of nitrogens with zero attached hydrogens (tertiary/aromatic N) is 1. The van der Waals surface area contributed by atoms with Gasteiger partial charge in [0.1, 0.15) is 0 Å². The highest BCUT2D eigenvalue weighted by atomic mass is 16.7. The van der Waals surface area contributed by atoms with Gasteiger partial charge >= 0.3 is 0 Å². The fourth-order valence-electron chi connectivity index (χ4n) is 1.99. The zero-order valence-corrected chi connectivity index (χ0v) is 10.2. The second kappa shape index (κ2) is 4.91. The Balaban J connectivity index is 1.74. The average Bonchev–Trinajstić information content (AvgIpc) is 2.93. The van der Waals surface area contributed by atoms with E-state index in [0.717, 1.165) is 22.7 Å². The molecule has 0 saturated carbocycles. The van der Waals surface area contributed by atoms with Gasteiger partial charge in [0.25, 0.3) is 0 Å². The van der Waals surface area contributed by atoms with Gasteiger partial charge in [-0.2, -0.15) is 5.26 Å². The van der Waals surface area contributed by atoms with Gasteiger partial charge in [-0.3, -0.25) is 0 Å². The summed E-state index contributed by atoms with van der Waals surface area (Å²) >= 11 is 0. The van der Waals surface area contributed by atoms with E-state index in [2.05, 4.69) is 11.4 Å². The number of rotatable bonds is 3. The number of hydrogen-bond donors (Lipinski definition) is 1. The molecule has 1 aliphatic rings. The van der Waals surface area contributed by atoms with E-state index in [4.69, 9.17) is 14.7 Å². The Bertz CT molecular complexity index is 647. The van der Waals surface area contributed by atoms with E-state index in [1.165, 1.54) is 0 Å². The predicted molar refractivity (Wildman–Crippen MR) is 71.0 cm³/mol. The summed E-state index contributed by atoms with van der Waals surface area (Å²) in [6.45, 7) is 0.874. The van der Waals surface area contributed by atoms with Crippen molar-refractivity contribution < 1.29 is 9.47 Å². The van der Waals surface area contributed by atoms with Crippen molar-refractivity contribution in [2.45, 2.75) is 6.54 Å². The van der Waals surface area contributed by atoms with Gasteiger partial charge in [0, 0.05) is 18.3 Å². The highest BCUT2D eigenvalue weighted by Crippen LogP contribution is 2.34. The van der Waals surface area contributed by atoms with Crippen LogP contribution < -0.4 is 14.8 Å². The van der Waals surface area contributed by atoms with Crippen LogP contribution in [0.25, 0.3) is 0 Å². The molecule has 0 amide bonds. The molecule has 0 aromatic heterocycles. The van der Waals surface area contributed by atoms with Crippen LogP contribution in [0.3, 0.4) is 0 Å². The average molecular weight is 252 g/mol. The van der Waals surface area contributed by atoms with Gasteiger partial charge in [0.05, 0.1) is 11.6 Å². The molecular weight excluding hydrogens is 240 g/mol. The van der Waals surface area contributed by atoms with Crippen molar-refractivity contribution in [2.24, 2.45) is 0 Å².